The molecule has 2 atom stereocenters. The van der Waals surface area contributed by atoms with Crippen LogP contribution in [0.2, 0.25) is 0 Å². The van der Waals surface area contributed by atoms with Gasteiger partial charge >= 0.3 is 5.97 Å². The molecule has 1 amide bonds. The maximum absolute atomic E-state index is 12.5. The summed E-state index contributed by atoms with van der Waals surface area (Å²) in [5.74, 6) is -0.0655. The number of esters is 1. The van der Waals surface area contributed by atoms with E-state index in [2.05, 4.69) is 31.3 Å². The van der Waals surface area contributed by atoms with Gasteiger partial charge in [0.25, 0.3) is 0 Å². The maximum Gasteiger partial charge on any atom is 0.305 e. The van der Waals surface area contributed by atoms with Crippen molar-refractivity contribution in [2.75, 3.05) is 13.2 Å². The highest BCUT2D eigenvalue weighted by Gasteiger charge is 2.18. The standard InChI is InChI=1S/C64H123NO5/c1-3-5-7-9-11-13-15-17-19-20-23-26-29-32-36-40-44-48-52-56-62(67)61(60-66)65-63(68)57-53-49-45-41-37-33-30-27-24-21-22-25-28-31-35-39-43-47-51-55-59-70-64(69)58-54-50-46-42-38-34-18-16-14-12-10-8-6-4-2/h21,24,52,56,61-62,66-67H,3-20,22-23,25-51,53-55,57-60H2,1-2H3,(H,65,68)/b24-21-,56-52+. The third kappa shape index (κ3) is 55.7. The highest BCUT2D eigenvalue weighted by molar-refractivity contribution is 5.76. The van der Waals surface area contributed by atoms with Gasteiger partial charge in [0.1, 0.15) is 0 Å². The predicted molar refractivity (Wildman–Crippen MR) is 306 cm³/mol. The fraction of sp³-hybridized carbons (Fsp3) is 0.906. The van der Waals surface area contributed by atoms with Crippen LogP contribution in [0.15, 0.2) is 24.3 Å². The summed E-state index contributed by atoms with van der Waals surface area (Å²) in [6, 6.07) is -0.634. The third-order valence-electron chi connectivity index (χ3n) is 14.7. The number of aliphatic hydroxyl groups is 2. The molecule has 0 bridgehead atoms. The van der Waals surface area contributed by atoms with Crippen LogP contribution in [0.4, 0.5) is 0 Å². The number of amides is 1. The molecule has 6 heteroatoms. The van der Waals surface area contributed by atoms with Gasteiger partial charge in [0.2, 0.25) is 5.91 Å². The summed E-state index contributed by atoms with van der Waals surface area (Å²) >= 11 is 0. The number of unbranched alkanes of at least 4 members (excludes halogenated alkanes) is 46. The van der Waals surface area contributed by atoms with Crippen LogP contribution in [0, 0.1) is 0 Å². The lowest BCUT2D eigenvalue weighted by atomic mass is 10.0. The van der Waals surface area contributed by atoms with Crippen LogP contribution in [0.25, 0.3) is 0 Å². The van der Waals surface area contributed by atoms with E-state index < -0.39 is 12.1 Å². The van der Waals surface area contributed by atoms with Gasteiger partial charge in [-0.2, -0.15) is 0 Å². The van der Waals surface area contributed by atoms with Crippen LogP contribution in [0.3, 0.4) is 0 Å². The molecule has 414 valence electrons. The number of carbonyl (C=O) groups excluding carboxylic acids is 2. The van der Waals surface area contributed by atoms with Crippen LogP contribution >= 0.6 is 0 Å². The smallest absolute Gasteiger partial charge is 0.305 e. The van der Waals surface area contributed by atoms with Crippen molar-refractivity contribution >= 4 is 11.9 Å². The SMILES string of the molecule is CCCCCCCCCCCCCCCCCCC/C=C/C(O)C(CO)NC(=O)CCCCCCCCC/C=C\CCCCCCCCCCCOC(=O)CCCCCCCCCCCCCCCC. The summed E-state index contributed by atoms with van der Waals surface area (Å²) in [4.78, 5) is 24.5. The first-order chi connectivity index (χ1) is 34.5. The molecule has 0 heterocycles. The Morgan fingerprint density at radius 1 is 0.386 bits per heavy atom. The van der Waals surface area contributed by atoms with Gasteiger partial charge in [-0.1, -0.05) is 301 Å². The summed E-state index contributed by atoms with van der Waals surface area (Å²) in [7, 11) is 0. The number of carbonyl (C=O) groups is 2. The number of hydrogen-bond acceptors (Lipinski definition) is 5. The molecule has 70 heavy (non-hydrogen) atoms. The average Bonchev–Trinajstić information content (AvgIpc) is 3.36. The van der Waals surface area contributed by atoms with Crippen LogP contribution in [0.5, 0.6) is 0 Å². The van der Waals surface area contributed by atoms with Gasteiger partial charge in [-0.25, -0.2) is 0 Å². The minimum Gasteiger partial charge on any atom is -0.466 e. The molecule has 0 radical (unpaired) electrons. The van der Waals surface area contributed by atoms with E-state index in [1.54, 1.807) is 6.08 Å². The number of ether oxygens (including phenoxy) is 1. The van der Waals surface area contributed by atoms with Crippen molar-refractivity contribution in [2.24, 2.45) is 0 Å². The van der Waals surface area contributed by atoms with Crippen LogP contribution in [-0.2, 0) is 14.3 Å². The molecule has 0 saturated carbocycles. The summed E-state index contributed by atoms with van der Waals surface area (Å²) in [6.07, 6.45) is 73.6. The largest absolute Gasteiger partial charge is 0.466 e. The molecule has 0 rings (SSSR count). The number of hydrogen-bond donors (Lipinski definition) is 3. The molecule has 6 nitrogen and oxygen atoms in total. The summed E-state index contributed by atoms with van der Waals surface area (Å²) in [6.45, 7) is 4.92. The van der Waals surface area contributed by atoms with Gasteiger partial charge in [-0.15, -0.1) is 0 Å². The Morgan fingerprint density at radius 3 is 1.01 bits per heavy atom. The highest BCUT2D eigenvalue weighted by Crippen LogP contribution is 2.17. The van der Waals surface area contributed by atoms with E-state index in [1.165, 1.54) is 276 Å². The van der Waals surface area contributed by atoms with Crippen molar-refractivity contribution in [3.8, 4) is 0 Å². The topological polar surface area (TPSA) is 95.9 Å². The fourth-order valence-corrected chi connectivity index (χ4v) is 9.87. The summed E-state index contributed by atoms with van der Waals surface area (Å²) < 4.78 is 5.48. The lowest BCUT2D eigenvalue weighted by molar-refractivity contribution is -0.143. The van der Waals surface area contributed by atoms with Crippen molar-refractivity contribution < 1.29 is 24.5 Å². The number of aliphatic hydroxyl groups excluding tert-OH is 2. The lowest BCUT2D eigenvalue weighted by Crippen LogP contribution is -2.45. The second-order valence-electron chi connectivity index (χ2n) is 21.7. The molecule has 0 spiro atoms. The van der Waals surface area contributed by atoms with Crippen molar-refractivity contribution in [1.29, 1.82) is 0 Å². The fourth-order valence-electron chi connectivity index (χ4n) is 9.87. The van der Waals surface area contributed by atoms with E-state index in [1.807, 2.05) is 6.08 Å². The van der Waals surface area contributed by atoms with Crippen molar-refractivity contribution in [3.05, 3.63) is 24.3 Å². The van der Waals surface area contributed by atoms with Gasteiger partial charge in [0.05, 0.1) is 25.4 Å². The Kier molecular flexibility index (Phi) is 58.5. The van der Waals surface area contributed by atoms with Crippen LogP contribution in [-0.4, -0.2) is 47.4 Å². The van der Waals surface area contributed by atoms with Gasteiger partial charge < -0.3 is 20.3 Å². The van der Waals surface area contributed by atoms with Crippen molar-refractivity contribution in [3.63, 3.8) is 0 Å². The molecule has 0 aromatic carbocycles. The van der Waals surface area contributed by atoms with E-state index in [9.17, 15) is 19.8 Å². The Morgan fingerprint density at radius 2 is 0.671 bits per heavy atom. The summed E-state index contributed by atoms with van der Waals surface area (Å²) in [5.41, 5.74) is 0. The molecule has 0 aliphatic rings. The Bertz CT molecular complexity index is 1090. The molecule has 0 aliphatic carbocycles. The molecule has 2 unspecified atom stereocenters. The number of nitrogens with one attached hydrogen (secondary N) is 1. The molecule has 0 fully saturated rings. The average molecular weight is 987 g/mol. The van der Waals surface area contributed by atoms with Crippen LogP contribution < -0.4 is 5.32 Å². The van der Waals surface area contributed by atoms with Crippen molar-refractivity contribution in [1.82, 2.24) is 5.32 Å². The minimum atomic E-state index is -0.850. The van der Waals surface area contributed by atoms with E-state index in [4.69, 9.17) is 4.74 Å². The Labute approximate surface area is 437 Å². The number of allylic oxidation sites excluding steroid dienone is 3. The zero-order valence-corrected chi connectivity index (χ0v) is 47.3. The number of rotatable bonds is 59. The normalized spacial score (nSPS) is 12.7. The van der Waals surface area contributed by atoms with Gasteiger partial charge in [0, 0.05) is 12.8 Å². The van der Waals surface area contributed by atoms with Crippen molar-refractivity contribution in [2.45, 2.75) is 360 Å². The maximum atomic E-state index is 12.5. The van der Waals surface area contributed by atoms with Gasteiger partial charge in [-0.3, -0.25) is 9.59 Å². The van der Waals surface area contributed by atoms with Gasteiger partial charge in [-0.05, 0) is 57.8 Å². The molecule has 0 aliphatic heterocycles. The monoisotopic (exact) mass is 986 g/mol. The zero-order chi connectivity index (χ0) is 50.7. The molecular formula is C64H123NO5. The zero-order valence-electron chi connectivity index (χ0n) is 47.3. The second kappa shape index (κ2) is 59.9. The quantitative estimate of drug-likeness (QED) is 0.0321. The van der Waals surface area contributed by atoms with E-state index in [0.29, 0.717) is 19.4 Å². The lowest BCUT2D eigenvalue weighted by Gasteiger charge is -2.20. The molecular weight excluding hydrogens is 863 g/mol. The molecule has 3 N–H and O–H groups in total. The molecule has 0 aromatic rings. The summed E-state index contributed by atoms with van der Waals surface area (Å²) in [5, 5.41) is 23.2. The third-order valence-corrected chi connectivity index (χ3v) is 14.7. The van der Waals surface area contributed by atoms with E-state index in [-0.39, 0.29) is 18.5 Å². The molecule has 0 aromatic heterocycles. The first-order valence-electron chi connectivity index (χ1n) is 31.6. The highest BCUT2D eigenvalue weighted by atomic mass is 16.5. The van der Waals surface area contributed by atoms with Crippen LogP contribution in [0.1, 0.15) is 348 Å². The second-order valence-corrected chi connectivity index (χ2v) is 21.7. The van der Waals surface area contributed by atoms with E-state index in [0.717, 1.165) is 44.9 Å². The molecule has 0 saturated heterocycles. The minimum absolute atomic E-state index is 0.00827. The Hall–Kier alpha value is -1.66. The first-order valence-corrected chi connectivity index (χ1v) is 31.6. The van der Waals surface area contributed by atoms with E-state index >= 15 is 0 Å². The first kappa shape index (κ1) is 68.3. The van der Waals surface area contributed by atoms with Gasteiger partial charge in [0.15, 0.2) is 0 Å². The predicted octanol–water partition coefficient (Wildman–Crippen LogP) is 19.8. The Balaban J connectivity index is 3.45.